The molecule has 2 aliphatic heterocycles. The lowest BCUT2D eigenvalue weighted by atomic mass is 9.74. The number of amides is 1. The number of aliphatic carboxylic acids is 1. The van der Waals surface area contributed by atoms with E-state index in [4.69, 9.17) is 9.15 Å². The Morgan fingerprint density at radius 2 is 2.08 bits per heavy atom. The van der Waals surface area contributed by atoms with Gasteiger partial charge in [-0.15, -0.1) is 0 Å². The molecule has 4 rings (SSSR count). The number of para-hydroxylation sites is 1. The van der Waals surface area contributed by atoms with E-state index in [1.807, 2.05) is 24.3 Å². The smallest absolute Gasteiger partial charge is 0.312 e. The Balaban J connectivity index is 1.68. The predicted octanol–water partition coefficient (Wildman–Crippen LogP) is 2.07. The van der Waals surface area contributed by atoms with Crippen LogP contribution in [-0.4, -0.2) is 46.6 Å². The summed E-state index contributed by atoms with van der Waals surface area (Å²) < 4.78 is 11.3. The van der Waals surface area contributed by atoms with E-state index in [1.165, 1.54) is 0 Å². The summed E-state index contributed by atoms with van der Waals surface area (Å²) >= 11 is 0. The molecule has 1 aromatic heterocycles. The van der Waals surface area contributed by atoms with Crippen molar-refractivity contribution in [2.24, 2.45) is 11.3 Å². The zero-order valence-electron chi connectivity index (χ0n) is 14.7. The molecule has 7 heteroatoms. The Labute approximate surface area is 150 Å². The lowest BCUT2D eigenvalue weighted by molar-refractivity contribution is -0.150. The first kappa shape index (κ1) is 16.6. The van der Waals surface area contributed by atoms with E-state index in [2.05, 4.69) is 4.98 Å². The maximum absolute atomic E-state index is 12.9. The number of carboxylic acids is 1. The van der Waals surface area contributed by atoms with Crippen LogP contribution in [0.3, 0.4) is 0 Å². The number of aromatic nitrogens is 1. The summed E-state index contributed by atoms with van der Waals surface area (Å²) in [5, 5.41) is 10.0. The van der Waals surface area contributed by atoms with E-state index >= 15 is 0 Å². The van der Waals surface area contributed by atoms with E-state index < -0.39 is 11.4 Å². The van der Waals surface area contributed by atoms with Crippen LogP contribution in [0.4, 0.5) is 0 Å². The third-order valence-corrected chi connectivity index (χ3v) is 5.42. The maximum atomic E-state index is 12.9. The molecule has 1 aromatic carbocycles. The first-order chi connectivity index (χ1) is 12.4. The second kappa shape index (κ2) is 5.86. The minimum absolute atomic E-state index is 0.128. The van der Waals surface area contributed by atoms with E-state index in [-0.39, 0.29) is 30.7 Å². The molecule has 3 heterocycles. The van der Waals surface area contributed by atoms with Gasteiger partial charge in [-0.1, -0.05) is 18.2 Å². The first-order valence-corrected chi connectivity index (χ1v) is 8.58. The molecule has 0 saturated carbocycles. The van der Waals surface area contributed by atoms with Gasteiger partial charge in [-0.3, -0.25) is 9.59 Å². The number of fused-ring (bicyclic) bond motifs is 2. The number of carbonyl (C=O) groups excluding carboxylic acids is 1. The van der Waals surface area contributed by atoms with E-state index in [0.29, 0.717) is 24.6 Å². The van der Waals surface area contributed by atoms with Crippen molar-refractivity contribution in [3.05, 3.63) is 47.2 Å². The maximum Gasteiger partial charge on any atom is 0.312 e. The van der Waals surface area contributed by atoms with Gasteiger partial charge in [0.05, 0.1) is 17.7 Å². The molecule has 26 heavy (non-hydrogen) atoms. The fraction of sp³-hybridized carbons (Fsp3) is 0.421. The number of hydrogen-bond acceptors (Lipinski definition) is 5. The molecule has 1 N–H and O–H groups in total. The van der Waals surface area contributed by atoms with Gasteiger partial charge in [-0.05, 0) is 25.0 Å². The number of aryl methyl sites for hydroxylation is 2. The summed E-state index contributed by atoms with van der Waals surface area (Å²) in [6.07, 6.45) is 0.335. The van der Waals surface area contributed by atoms with Crippen LogP contribution in [0.15, 0.2) is 28.7 Å². The van der Waals surface area contributed by atoms with Gasteiger partial charge in [-0.2, -0.15) is 0 Å². The van der Waals surface area contributed by atoms with Crippen LogP contribution < -0.4 is 4.74 Å². The van der Waals surface area contributed by atoms with Gasteiger partial charge in [0, 0.05) is 25.9 Å². The zero-order valence-corrected chi connectivity index (χ0v) is 14.7. The largest absolute Gasteiger partial charge is 0.493 e. The van der Waals surface area contributed by atoms with Gasteiger partial charge in [0.2, 0.25) is 5.76 Å². The number of carboxylic acid groups (broad SMARTS) is 1. The number of likely N-dealkylation sites (tertiary alicyclic amines) is 1. The third-order valence-electron chi connectivity index (χ3n) is 5.42. The summed E-state index contributed by atoms with van der Waals surface area (Å²) in [5.41, 5.74) is 0.314. The first-order valence-electron chi connectivity index (χ1n) is 8.58. The SMILES string of the molecule is Cc1nc(C)c(C(=O)N2C[C@H]3COc4ccccc4C[C@@]3(C(=O)O)C2)o1. The van der Waals surface area contributed by atoms with E-state index in [0.717, 1.165) is 11.3 Å². The highest BCUT2D eigenvalue weighted by Gasteiger charge is 2.55. The molecule has 1 saturated heterocycles. The number of hydrogen-bond donors (Lipinski definition) is 1. The molecule has 2 atom stereocenters. The summed E-state index contributed by atoms with van der Waals surface area (Å²) in [4.78, 5) is 30.8. The number of benzene rings is 1. The number of oxazole rings is 1. The molecule has 0 bridgehead atoms. The van der Waals surface area contributed by atoms with Gasteiger partial charge >= 0.3 is 5.97 Å². The Morgan fingerprint density at radius 3 is 2.77 bits per heavy atom. The van der Waals surface area contributed by atoms with E-state index in [1.54, 1.807) is 18.7 Å². The van der Waals surface area contributed by atoms with Gasteiger partial charge in [0.15, 0.2) is 5.89 Å². The third kappa shape index (κ3) is 2.46. The number of carbonyl (C=O) groups is 2. The van der Waals surface area contributed by atoms with Gasteiger partial charge < -0.3 is 19.2 Å². The molecular formula is C19H20N2O5. The Kier molecular flexibility index (Phi) is 3.75. The van der Waals surface area contributed by atoms with Gasteiger partial charge in [-0.25, -0.2) is 4.98 Å². The van der Waals surface area contributed by atoms with Crippen LogP contribution >= 0.6 is 0 Å². The molecule has 7 nitrogen and oxygen atoms in total. The van der Waals surface area contributed by atoms with Gasteiger partial charge in [0.1, 0.15) is 5.75 Å². The fourth-order valence-electron chi connectivity index (χ4n) is 4.05. The summed E-state index contributed by atoms with van der Waals surface area (Å²) in [6, 6.07) is 7.49. The van der Waals surface area contributed by atoms with Crippen LogP contribution in [0.2, 0.25) is 0 Å². The summed E-state index contributed by atoms with van der Waals surface area (Å²) in [6.45, 7) is 4.11. The molecule has 2 aliphatic rings. The molecule has 0 spiro atoms. The van der Waals surface area contributed by atoms with Crippen molar-refractivity contribution in [2.45, 2.75) is 20.3 Å². The average molecular weight is 356 g/mol. The standard InChI is InChI=1S/C19H20N2O5/c1-11-16(26-12(2)20-11)17(22)21-8-14-9-25-15-6-4-3-5-13(15)7-19(14,10-21)18(23)24/h3-6,14H,7-10H2,1-2H3,(H,23,24)/t14-,19+/m0/s1. The average Bonchev–Trinajstić information content (AvgIpc) is 3.09. The lowest BCUT2D eigenvalue weighted by Crippen LogP contribution is -2.42. The second-order valence-corrected chi connectivity index (χ2v) is 7.09. The van der Waals surface area contributed by atoms with E-state index in [9.17, 15) is 14.7 Å². The summed E-state index contributed by atoms with van der Waals surface area (Å²) in [7, 11) is 0. The van der Waals surface area contributed by atoms with Crippen molar-refractivity contribution in [3.63, 3.8) is 0 Å². The van der Waals surface area contributed by atoms with Crippen LogP contribution in [0, 0.1) is 25.2 Å². The van der Waals surface area contributed by atoms with Crippen LogP contribution in [-0.2, 0) is 11.2 Å². The fourth-order valence-corrected chi connectivity index (χ4v) is 4.05. The monoisotopic (exact) mass is 356 g/mol. The highest BCUT2D eigenvalue weighted by atomic mass is 16.5. The number of ether oxygens (including phenoxy) is 1. The number of nitrogens with zero attached hydrogens (tertiary/aromatic N) is 2. The Bertz CT molecular complexity index is 890. The topological polar surface area (TPSA) is 92.9 Å². The normalized spacial score (nSPS) is 24.4. The molecule has 2 aromatic rings. The van der Waals surface area contributed by atoms with Crippen molar-refractivity contribution in [1.29, 1.82) is 0 Å². The van der Waals surface area contributed by atoms with Crippen LogP contribution in [0.1, 0.15) is 27.7 Å². The Morgan fingerprint density at radius 1 is 1.31 bits per heavy atom. The summed E-state index contributed by atoms with van der Waals surface area (Å²) in [5.74, 6) is -0.179. The molecule has 0 unspecified atom stereocenters. The van der Waals surface area contributed by atoms with Crippen molar-refractivity contribution >= 4 is 11.9 Å². The van der Waals surface area contributed by atoms with Crippen molar-refractivity contribution in [1.82, 2.24) is 9.88 Å². The quantitative estimate of drug-likeness (QED) is 0.885. The molecule has 136 valence electrons. The van der Waals surface area contributed by atoms with Crippen LogP contribution in [0.5, 0.6) is 5.75 Å². The van der Waals surface area contributed by atoms with Crippen LogP contribution in [0.25, 0.3) is 0 Å². The highest BCUT2D eigenvalue weighted by Crippen LogP contribution is 2.44. The highest BCUT2D eigenvalue weighted by molar-refractivity contribution is 5.93. The van der Waals surface area contributed by atoms with Gasteiger partial charge in [0.25, 0.3) is 5.91 Å². The minimum atomic E-state index is -1.06. The molecule has 0 aliphatic carbocycles. The molecule has 1 fully saturated rings. The molecular weight excluding hydrogens is 336 g/mol. The van der Waals surface area contributed by atoms with Crippen molar-refractivity contribution in [2.75, 3.05) is 19.7 Å². The molecule has 1 amide bonds. The number of rotatable bonds is 2. The Hall–Kier alpha value is -2.83. The van der Waals surface area contributed by atoms with Crippen molar-refractivity contribution < 1.29 is 23.8 Å². The van der Waals surface area contributed by atoms with Crippen molar-refractivity contribution in [3.8, 4) is 5.75 Å². The second-order valence-electron chi connectivity index (χ2n) is 7.09. The zero-order chi connectivity index (χ0) is 18.5. The predicted molar refractivity (Wildman–Crippen MR) is 91.1 cm³/mol. The minimum Gasteiger partial charge on any atom is -0.493 e. The lowest BCUT2D eigenvalue weighted by Gasteiger charge is -2.27. The molecule has 0 radical (unpaired) electrons.